The molecule has 1 aromatic carbocycles. The van der Waals surface area contributed by atoms with Crippen molar-refractivity contribution in [3.05, 3.63) is 48.0 Å². The number of aliphatic hydroxyl groups excluding tert-OH is 4. The molecule has 0 spiro atoms. The Labute approximate surface area is 853 Å². The van der Waals surface area contributed by atoms with E-state index in [0.717, 1.165) is 18.7 Å². The van der Waals surface area contributed by atoms with E-state index in [0.29, 0.717) is 12.8 Å². The predicted molar refractivity (Wildman–Crippen MR) is 524 cm³/mol. The van der Waals surface area contributed by atoms with Gasteiger partial charge in [0.05, 0.1) is 69.9 Å². The number of imidazole rings is 1. The van der Waals surface area contributed by atoms with Gasteiger partial charge in [-0.25, -0.2) is 9.78 Å². The number of aromatic nitrogens is 2. The molecule has 0 unspecified atom stereocenters. The van der Waals surface area contributed by atoms with E-state index in [2.05, 4.69) is 118 Å². The number of aliphatic carboxylic acids is 2. The number of amides is 21. The molecular formula is C91H147N25O30S. The van der Waals surface area contributed by atoms with Gasteiger partial charge in [0.15, 0.2) is 0 Å². The fourth-order valence-corrected chi connectivity index (χ4v) is 15.0. The number of aliphatic hydroxyl groups is 4. The average molecular weight is 2100 g/mol. The molecule has 2 aromatic rings. The number of likely N-dealkylation sites (tertiary alicyclic amines) is 1. The van der Waals surface area contributed by atoms with Crippen LogP contribution in [0.1, 0.15) is 178 Å². The van der Waals surface area contributed by atoms with E-state index in [1.807, 2.05) is 0 Å². The van der Waals surface area contributed by atoms with E-state index in [1.165, 1.54) is 36.8 Å². The first-order valence-electron chi connectivity index (χ1n) is 48.1. The van der Waals surface area contributed by atoms with Gasteiger partial charge in [-0.05, 0) is 119 Å². The number of thiol groups is 1. The molecule has 56 heteroatoms. The fraction of sp³-hybridized carbons (Fsp3) is 0.648. The molecular weight excluding hydrogens is 1960 g/mol. The summed E-state index contributed by atoms with van der Waals surface area (Å²) >= 11 is 4.25. The van der Waals surface area contributed by atoms with Gasteiger partial charge in [0, 0.05) is 37.8 Å². The summed E-state index contributed by atoms with van der Waals surface area (Å²) in [4.78, 5) is 321. The maximum Gasteiger partial charge on any atom is 0.326 e. The van der Waals surface area contributed by atoms with Crippen LogP contribution in [0.3, 0.4) is 0 Å². The van der Waals surface area contributed by atoms with Crippen molar-refractivity contribution in [2.24, 2.45) is 52.5 Å². The maximum atomic E-state index is 14.6. The summed E-state index contributed by atoms with van der Waals surface area (Å²) in [6.45, 7) is 14.0. The number of aromatic amines is 1. The third-order valence-electron chi connectivity index (χ3n) is 23.6. The topological polar surface area (TPSA) is 887 Å². The number of carboxylic acids is 2. The molecule has 55 nitrogen and oxygen atoms in total. The number of nitrogens with one attached hydrogen (secondary N) is 19. The van der Waals surface area contributed by atoms with E-state index in [4.69, 9.17) is 22.9 Å². The molecule has 1 fully saturated rings. The highest BCUT2D eigenvalue weighted by Crippen LogP contribution is 2.23. The molecule has 1 aliphatic rings. The lowest BCUT2D eigenvalue weighted by Crippen LogP contribution is -2.63. The van der Waals surface area contributed by atoms with Crippen LogP contribution in [-0.2, 0) is 123 Å². The first-order chi connectivity index (χ1) is 69.1. The molecule has 0 saturated carbocycles. The third kappa shape index (κ3) is 44.2. The minimum absolute atomic E-state index is 0.0395. The molecule has 0 aliphatic carbocycles. The van der Waals surface area contributed by atoms with Gasteiger partial charge in [0.1, 0.15) is 108 Å². The summed E-state index contributed by atoms with van der Waals surface area (Å²) in [5, 5.41) is 114. The number of rotatable bonds is 67. The van der Waals surface area contributed by atoms with E-state index in [9.17, 15) is 146 Å². The van der Waals surface area contributed by atoms with Gasteiger partial charge in [-0.3, -0.25) is 105 Å². The van der Waals surface area contributed by atoms with Gasteiger partial charge < -0.3 is 164 Å². The second kappa shape index (κ2) is 64.2. The number of benzene rings is 1. The van der Waals surface area contributed by atoms with E-state index >= 15 is 0 Å². The molecule has 822 valence electrons. The Morgan fingerprint density at radius 3 is 1.39 bits per heavy atom. The van der Waals surface area contributed by atoms with Crippen LogP contribution in [0, 0.1) is 29.6 Å². The van der Waals surface area contributed by atoms with Crippen LogP contribution in [0.5, 0.6) is 5.75 Å². The molecule has 1 saturated heterocycles. The van der Waals surface area contributed by atoms with Crippen molar-refractivity contribution in [3.8, 4) is 5.75 Å². The Bertz CT molecular complexity index is 4820. The number of phenolic OH excluding ortho intramolecular Hbond substituents is 1. The number of unbranched alkanes of at least 4 members (excludes halogenated alkanes) is 1. The van der Waals surface area contributed by atoms with Crippen LogP contribution in [0.2, 0.25) is 0 Å². The molecule has 1 aliphatic heterocycles. The standard InChI is InChI=1S/C91H147N25O30S/c1-13-45(9)71(87(141)98-36-67(124)101-54(28-42(3)4)79(133)113-72(46(10)14-2)88(142)108-59(91(145)146)29-43(5)6)114-85(139)64-19-17-27-116(64)90(144)58(33-69(126)127)102-68(125)35-97-75(129)53(24-25-65(93)122)104-83(137)62(39-119)111-89(143)73(48(12)120)115-80(134)56(31-50-34-96-41-99-50)107-84(138)63(40-147)112-77(131)55(30-49-20-22-51(121)23-21-49)106-78(132)57(32-66(94)123)105-74(128)47(11)100-81(135)60(37-117)109-76(130)52(18-15-16-26-92)103-82(136)61(38-118)110-86(140)70(95)44(7)8/h20-23,34,41-48,52-64,70-73,117-121,147H,13-19,24-33,35-40,92,95H2,1-12H3,(H2,93,122)(H2,94,123)(H,96,99)(H,97,129)(H,98,141)(H,100,135)(H,101,124)(H,102,125)(H,103,136)(H,104,137)(H,105,128)(H,106,132)(H,107,138)(H,108,142)(H,109,130)(H,110,140)(H,111,143)(H,112,131)(H,113,133)(H,114,139)(H,115,134)(H,126,127)(H,145,146)/t45-,46-,47-,48+,52-,53-,54-,55-,56-,57-,58-,59-,60-,61-,62-,63-,64-,70-,71-,72-,73-/m0/s1. The minimum Gasteiger partial charge on any atom is -0.508 e. The van der Waals surface area contributed by atoms with Crippen LogP contribution < -0.4 is 119 Å². The Morgan fingerprint density at radius 1 is 0.463 bits per heavy atom. The molecule has 2 heterocycles. The largest absolute Gasteiger partial charge is 0.508 e. The lowest BCUT2D eigenvalue weighted by atomic mass is 9.95. The number of nitrogens with two attached hydrogens (primary N) is 4. The number of aromatic hydroxyl groups is 1. The number of hydrogen-bond donors (Lipinski definition) is 31. The van der Waals surface area contributed by atoms with Gasteiger partial charge in [-0.1, -0.05) is 94.2 Å². The monoisotopic (exact) mass is 2100 g/mol. The highest BCUT2D eigenvalue weighted by molar-refractivity contribution is 7.80. The molecule has 34 N–H and O–H groups in total. The highest BCUT2D eigenvalue weighted by Gasteiger charge is 2.44. The quantitative estimate of drug-likeness (QED) is 0.0216. The highest BCUT2D eigenvalue weighted by atomic mass is 32.1. The summed E-state index contributed by atoms with van der Waals surface area (Å²) in [6.07, 6.45) is -2.44. The third-order valence-corrected chi connectivity index (χ3v) is 24.0. The van der Waals surface area contributed by atoms with E-state index < -0.39 is 340 Å². The average Bonchev–Trinajstić information content (AvgIpc) is 1.68. The van der Waals surface area contributed by atoms with Gasteiger partial charge in [-0.2, -0.15) is 12.6 Å². The van der Waals surface area contributed by atoms with Gasteiger partial charge in [0.25, 0.3) is 0 Å². The summed E-state index contributed by atoms with van der Waals surface area (Å²) in [7, 11) is 0. The van der Waals surface area contributed by atoms with Crippen molar-refractivity contribution in [2.45, 2.75) is 294 Å². The number of carbonyl (C=O) groups is 23. The van der Waals surface area contributed by atoms with Crippen LogP contribution in [0.25, 0.3) is 0 Å². The second-order valence-electron chi connectivity index (χ2n) is 37.0. The Morgan fingerprint density at radius 2 is 0.898 bits per heavy atom. The normalized spacial score (nSPS) is 16.4. The second-order valence-corrected chi connectivity index (χ2v) is 37.3. The number of carbonyl (C=O) groups excluding carboxylic acids is 21. The van der Waals surface area contributed by atoms with Crippen LogP contribution >= 0.6 is 12.6 Å². The van der Waals surface area contributed by atoms with Gasteiger partial charge in [-0.15, -0.1) is 0 Å². The van der Waals surface area contributed by atoms with Crippen molar-refractivity contribution in [3.63, 3.8) is 0 Å². The van der Waals surface area contributed by atoms with Crippen molar-refractivity contribution < 1.29 is 146 Å². The zero-order valence-corrected chi connectivity index (χ0v) is 85.1. The van der Waals surface area contributed by atoms with Crippen molar-refractivity contribution in [2.75, 3.05) is 51.8 Å². The summed E-state index contributed by atoms with van der Waals surface area (Å²) < 4.78 is 0. The summed E-state index contributed by atoms with van der Waals surface area (Å²) in [5.41, 5.74) is 22.7. The lowest BCUT2D eigenvalue weighted by molar-refractivity contribution is -0.146. The van der Waals surface area contributed by atoms with Crippen molar-refractivity contribution >= 4 is 149 Å². The Kier molecular flexibility index (Phi) is 55.6. The summed E-state index contributed by atoms with van der Waals surface area (Å²) in [5.74, 6) is -28.6. The van der Waals surface area contributed by atoms with Crippen molar-refractivity contribution in [1.82, 2.24) is 111 Å². The van der Waals surface area contributed by atoms with E-state index in [-0.39, 0.29) is 92.8 Å². The molecule has 1 aromatic heterocycles. The number of carboxylic acid groups (broad SMARTS) is 2. The summed E-state index contributed by atoms with van der Waals surface area (Å²) in [6, 6.07) is -24.4. The smallest absolute Gasteiger partial charge is 0.326 e. The maximum absolute atomic E-state index is 14.6. The molecule has 0 bridgehead atoms. The molecule has 21 atom stereocenters. The number of primary amides is 2. The van der Waals surface area contributed by atoms with E-state index in [1.54, 1.807) is 69.2 Å². The Hall–Kier alpha value is -13.8. The SMILES string of the molecule is CC[C@H](C)[C@H](NC(=O)[C@H](CC(C)C)NC(=O)CNC(=O)[C@@H](NC(=O)[C@@H]1CCCN1C(=O)[C@H](CC(=O)O)NC(=O)CNC(=O)[C@H](CCC(N)=O)NC(=O)[C@H](CO)NC(=O)[C@@H](NC(=O)[C@H](Cc1c[nH]cn1)NC(=O)[C@H](CS)NC(=O)[C@H](Cc1ccc(O)cc1)NC(=O)[C@H](CC(N)=O)NC(=O)[C@H](C)NC(=O)[C@H](CO)NC(=O)[C@H](CCCCN)NC(=O)[C@H](CO)NC(=O)[C@@H](N)C(C)C)[C@@H](C)O)[C@@H](C)CC)C(=O)N[C@@H](CC(C)C)C(=O)O. The zero-order valence-electron chi connectivity index (χ0n) is 84.3. The molecule has 0 radical (unpaired) electrons. The first kappa shape index (κ1) is 127. The number of nitrogens with zero attached hydrogens (tertiary/aromatic N) is 2. The molecule has 3 rings (SSSR count). The molecule has 147 heavy (non-hydrogen) atoms. The number of H-pyrrole nitrogens is 1. The van der Waals surface area contributed by atoms with Crippen LogP contribution in [0.15, 0.2) is 36.8 Å². The molecule has 21 amide bonds. The zero-order chi connectivity index (χ0) is 111. The number of hydrogen-bond acceptors (Lipinski definition) is 32. The van der Waals surface area contributed by atoms with Gasteiger partial charge in [0.2, 0.25) is 124 Å². The number of phenols is 1. The Balaban J connectivity index is 1.81. The lowest BCUT2D eigenvalue weighted by Gasteiger charge is -2.30. The van der Waals surface area contributed by atoms with Crippen molar-refractivity contribution in [1.29, 1.82) is 0 Å². The fourth-order valence-electron chi connectivity index (χ4n) is 14.7. The predicted octanol–water partition coefficient (Wildman–Crippen LogP) is -10.8. The van der Waals surface area contributed by atoms with Crippen LogP contribution in [-0.4, -0.2) is 353 Å². The van der Waals surface area contributed by atoms with Crippen LogP contribution in [0.4, 0.5) is 0 Å². The first-order valence-corrected chi connectivity index (χ1v) is 48.8. The minimum atomic E-state index is -2.11. The van der Waals surface area contributed by atoms with Gasteiger partial charge >= 0.3 is 11.9 Å².